The summed E-state index contributed by atoms with van der Waals surface area (Å²) in [5.74, 6) is -0.545. The average molecular weight is 268 g/mol. The minimum Gasteiger partial charge on any atom is -0.369 e. The molecule has 1 fully saturated rings. The Morgan fingerprint density at radius 3 is 2.50 bits per heavy atom. The minimum absolute atomic E-state index is 0.264. The molecule has 1 aliphatic heterocycles. The second kappa shape index (κ2) is 6.18. The van der Waals surface area contributed by atoms with E-state index in [1.54, 1.807) is 12.1 Å². The second-order valence-electron chi connectivity index (χ2n) is 4.56. The number of primary amides is 1. The fraction of sp³-hybridized carbons (Fsp3) is 0.462. The highest BCUT2D eigenvalue weighted by Gasteiger charge is 2.22. The summed E-state index contributed by atoms with van der Waals surface area (Å²) in [4.78, 5) is 13.9. The standard InChI is InChI=1S/C13H18ClN3O/c14-11-3-1-10(2-4-11)12(13(15)18)9-17-7-5-16-6-8-17/h1-4,12,16H,5-9H2,(H2,15,18)/t12-/m0/s1. The van der Waals surface area contributed by atoms with Crippen molar-refractivity contribution in [2.24, 2.45) is 5.73 Å². The first-order valence-electron chi connectivity index (χ1n) is 6.14. The number of hydrogen-bond acceptors (Lipinski definition) is 3. The molecule has 1 atom stereocenters. The van der Waals surface area contributed by atoms with Crippen LogP contribution in [0.1, 0.15) is 11.5 Å². The molecule has 0 aliphatic carbocycles. The number of benzene rings is 1. The van der Waals surface area contributed by atoms with Crippen molar-refractivity contribution in [3.63, 3.8) is 0 Å². The Morgan fingerprint density at radius 2 is 1.94 bits per heavy atom. The van der Waals surface area contributed by atoms with Gasteiger partial charge in [0.1, 0.15) is 0 Å². The number of piperazine rings is 1. The quantitative estimate of drug-likeness (QED) is 0.849. The molecule has 0 aromatic heterocycles. The van der Waals surface area contributed by atoms with Crippen molar-refractivity contribution >= 4 is 17.5 Å². The summed E-state index contributed by atoms with van der Waals surface area (Å²) in [6, 6.07) is 7.34. The Kier molecular flexibility index (Phi) is 4.58. The minimum atomic E-state index is -0.282. The number of rotatable bonds is 4. The Bertz CT molecular complexity index is 401. The zero-order valence-corrected chi connectivity index (χ0v) is 11.0. The summed E-state index contributed by atoms with van der Waals surface area (Å²) < 4.78 is 0. The van der Waals surface area contributed by atoms with E-state index in [4.69, 9.17) is 17.3 Å². The molecule has 1 amide bonds. The number of carbonyl (C=O) groups is 1. The molecule has 0 bridgehead atoms. The fourth-order valence-corrected chi connectivity index (χ4v) is 2.33. The van der Waals surface area contributed by atoms with Crippen LogP contribution in [-0.4, -0.2) is 43.5 Å². The van der Waals surface area contributed by atoms with Crippen LogP contribution in [0.5, 0.6) is 0 Å². The van der Waals surface area contributed by atoms with Crippen molar-refractivity contribution in [1.29, 1.82) is 0 Å². The maximum absolute atomic E-state index is 11.6. The van der Waals surface area contributed by atoms with Gasteiger partial charge in [0, 0.05) is 37.7 Å². The molecule has 1 aromatic rings. The van der Waals surface area contributed by atoms with Crippen LogP contribution < -0.4 is 11.1 Å². The molecule has 1 aliphatic rings. The van der Waals surface area contributed by atoms with E-state index >= 15 is 0 Å². The van der Waals surface area contributed by atoms with E-state index in [2.05, 4.69) is 10.2 Å². The van der Waals surface area contributed by atoms with Crippen molar-refractivity contribution in [2.45, 2.75) is 5.92 Å². The predicted octanol–water partition coefficient (Wildman–Crippen LogP) is 0.814. The van der Waals surface area contributed by atoms with E-state index in [1.807, 2.05) is 12.1 Å². The monoisotopic (exact) mass is 267 g/mol. The van der Waals surface area contributed by atoms with Gasteiger partial charge < -0.3 is 11.1 Å². The molecule has 0 saturated carbocycles. The van der Waals surface area contributed by atoms with Gasteiger partial charge in [0.05, 0.1) is 5.92 Å². The molecule has 98 valence electrons. The third-order valence-corrected chi connectivity index (χ3v) is 3.52. The summed E-state index contributed by atoms with van der Waals surface area (Å²) in [5.41, 5.74) is 6.45. The Hall–Kier alpha value is -1.10. The number of amides is 1. The highest BCUT2D eigenvalue weighted by molar-refractivity contribution is 6.30. The number of hydrogen-bond donors (Lipinski definition) is 2. The normalized spacial score (nSPS) is 18.5. The lowest BCUT2D eigenvalue weighted by atomic mass is 9.97. The van der Waals surface area contributed by atoms with Crippen LogP contribution >= 0.6 is 11.6 Å². The summed E-state index contributed by atoms with van der Waals surface area (Å²) in [6.45, 7) is 4.52. The van der Waals surface area contributed by atoms with Crippen LogP contribution in [0, 0.1) is 0 Å². The van der Waals surface area contributed by atoms with E-state index in [-0.39, 0.29) is 11.8 Å². The molecule has 1 aromatic carbocycles. The van der Waals surface area contributed by atoms with Gasteiger partial charge in [0.25, 0.3) is 0 Å². The van der Waals surface area contributed by atoms with Crippen molar-refractivity contribution in [3.05, 3.63) is 34.9 Å². The van der Waals surface area contributed by atoms with E-state index in [0.717, 1.165) is 31.7 Å². The number of nitrogens with two attached hydrogens (primary N) is 1. The third kappa shape index (κ3) is 3.45. The molecule has 5 heteroatoms. The molecular weight excluding hydrogens is 250 g/mol. The average Bonchev–Trinajstić information content (AvgIpc) is 2.38. The molecule has 1 saturated heterocycles. The first-order chi connectivity index (χ1) is 8.66. The van der Waals surface area contributed by atoms with E-state index in [1.165, 1.54) is 0 Å². The van der Waals surface area contributed by atoms with Crippen molar-refractivity contribution in [3.8, 4) is 0 Å². The smallest absolute Gasteiger partial charge is 0.226 e. The van der Waals surface area contributed by atoms with Gasteiger partial charge in [-0.2, -0.15) is 0 Å². The Balaban J connectivity index is 2.07. The van der Waals surface area contributed by atoms with Crippen LogP contribution in [0.4, 0.5) is 0 Å². The molecule has 0 radical (unpaired) electrons. The van der Waals surface area contributed by atoms with Crippen molar-refractivity contribution in [1.82, 2.24) is 10.2 Å². The van der Waals surface area contributed by atoms with Crippen LogP contribution in [0.25, 0.3) is 0 Å². The largest absolute Gasteiger partial charge is 0.369 e. The highest BCUT2D eigenvalue weighted by Crippen LogP contribution is 2.19. The Morgan fingerprint density at radius 1 is 1.33 bits per heavy atom. The van der Waals surface area contributed by atoms with Crippen LogP contribution in [0.15, 0.2) is 24.3 Å². The van der Waals surface area contributed by atoms with Gasteiger partial charge in [-0.25, -0.2) is 0 Å². The molecular formula is C13H18ClN3O. The van der Waals surface area contributed by atoms with E-state index < -0.39 is 0 Å². The zero-order valence-electron chi connectivity index (χ0n) is 10.2. The maximum Gasteiger partial charge on any atom is 0.226 e. The molecule has 18 heavy (non-hydrogen) atoms. The van der Waals surface area contributed by atoms with E-state index in [0.29, 0.717) is 11.6 Å². The van der Waals surface area contributed by atoms with Gasteiger partial charge in [0.15, 0.2) is 0 Å². The number of nitrogens with one attached hydrogen (secondary N) is 1. The van der Waals surface area contributed by atoms with Gasteiger partial charge in [-0.1, -0.05) is 23.7 Å². The lowest BCUT2D eigenvalue weighted by Crippen LogP contribution is -2.46. The predicted molar refractivity (Wildman–Crippen MR) is 72.7 cm³/mol. The van der Waals surface area contributed by atoms with E-state index in [9.17, 15) is 4.79 Å². The number of carbonyl (C=O) groups excluding carboxylic acids is 1. The number of halogens is 1. The first-order valence-corrected chi connectivity index (χ1v) is 6.52. The topological polar surface area (TPSA) is 58.4 Å². The van der Waals surface area contributed by atoms with Gasteiger partial charge in [0.2, 0.25) is 5.91 Å². The summed E-state index contributed by atoms with van der Waals surface area (Å²) in [7, 11) is 0. The van der Waals surface area contributed by atoms with Crippen LogP contribution in [0.3, 0.4) is 0 Å². The van der Waals surface area contributed by atoms with Crippen LogP contribution in [-0.2, 0) is 4.79 Å². The summed E-state index contributed by atoms with van der Waals surface area (Å²) >= 11 is 5.85. The molecule has 0 spiro atoms. The summed E-state index contributed by atoms with van der Waals surface area (Å²) in [5, 5.41) is 3.96. The lowest BCUT2D eigenvalue weighted by Gasteiger charge is -2.30. The Labute approximate surface area is 112 Å². The SMILES string of the molecule is NC(=O)[C@@H](CN1CCNCC1)c1ccc(Cl)cc1. The van der Waals surface area contributed by atoms with Crippen LogP contribution in [0.2, 0.25) is 5.02 Å². The van der Waals surface area contributed by atoms with Gasteiger partial charge in [-0.05, 0) is 17.7 Å². The van der Waals surface area contributed by atoms with Crippen molar-refractivity contribution in [2.75, 3.05) is 32.7 Å². The van der Waals surface area contributed by atoms with Gasteiger partial charge in [-0.15, -0.1) is 0 Å². The van der Waals surface area contributed by atoms with Gasteiger partial charge in [-0.3, -0.25) is 9.69 Å². The molecule has 0 unspecified atom stereocenters. The third-order valence-electron chi connectivity index (χ3n) is 3.27. The zero-order chi connectivity index (χ0) is 13.0. The molecule has 1 heterocycles. The lowest BCUT2D eigenvalue weighted by molar-refractivity contribution is -0.119. The molecule has 3 N–H and O–H groups in total. The second-order valence-corrected chi connectivity index (χ2v) is 4.99. The number of nitrogens with zero attached hydrogens (tertiary/aromatic N) is 1. The highest BCUT2D eigenvalue weighted by atomic mass is 35.5. The first kappa shape index (κ1) is 13.3. The van der Waals surface area contributed by atoms with Gasteiger partial charge >= 0.3 is 0 Å². The fourth-order valence-electron chi connectivity index (χ4n) is 2.21. The van der Waals surface area contributed by atoms with Crippen molar-refractivity contribution < 1.29 is 4.79 Å². The molecule has 4 nitrogen and oxygen atoms in total. The maximum atomic E-state index is 11.6. The summed E-state index contributed by atoms with van der Waals surface area (Å²) in [6.07, 6.45) is 0. The molecule has 2 rings (SSSR count).